The summed E-state index contributed by atoms with van der Waals surface area (Å²) in [5, 5.41) is 8.42. The molecule has 0 radical (unpaired) electrons. The van der Waals surface area contributed by atoms with Crippen molar-refractivity contribution in [2.75, 3.05) is 18.1 Å². The van der Waals surface area contributed by atoms with Crippen molar-refractivity contribution in [2.24, 2.45) is 0 Å². The van der Waals surface area contributed by atoms with Crippen molar-refractivity contribution in [3.63, 3.8) is 0 Å². The maximum atomic E-state index is 5.57. The number of aromatic nitrogens is 3. The molecule has 0 bridgehead atoms. The molecule has 0 aliphatic carbocycles. The molecule has 0 spiro atoms. The van der Waals surface area contributed by atoms with Crippen LogP contribution in [-0.2, 0) is 24.3 Å². The molecular weight excluding hydrogens is 276 g/mol. The minimum absolute atomic E-state index is 0.564. The minimum atomic E-state index is 0.564. The first-order valence-electron chi connectivity index (χ1n) is 7.46. The van der Waals surface area contributed by atoms with Crippen LogP contribution < -0.4 is 4.90 Å². The van der Waals surface area contributed by atoms with Crippen molar-refractivity contribution >= 4 is 5.82 Å². The number of ether oxygens (including phenoxy) is 1. The minimum Gasteiger partial charge on any atom is -0.373 e. The third-order valence-electron chi connectivity index (χ3n) is 3.83. The highest BCUT2D eigenvalue weighted by atomic mass is 16.5. The van der Waals surface area contributed by atoms with Gasteiger partial charge in [-0.1, -0.05) is 6.08 Å². The highest BCUT2D eigenvalue weighted by molar-refractivity contribution is 5.44. The van der Waals surface area contributed by atoms with Gasteiger partial charge in [0.1, 0.15) is 0 Å². The first-order chi connectivity index (χ1) is 10.8. The smallest absolute Gasteiger partial charge is 0.151 e. The molecule has 0 fully saturated rings. The number of pyridine rings is 1. The molecule has 1 aliphatic rings. The number of rotatable bonds is 5. The van der Waals surface area contributed by atoms with Gasteiger partial charge in [0.2, 0.25) is 0 Å². The number of fused-ring (bicyclic) bond motifs is 1. The third kappa shape index (κ3) is 3.14. The Bertz CT molecular complexity index is 654. The van der Waals surface area contributed by atoms with E-state index < -0.39 is 0 Å². The maximum absolute atomic E-state index is 5.57. The Labute approximate surface area is 130 Å². The molecule has 22 heavy (non-hydrogen) atoms. The fraction of sp³-hybridized carbons (Fsp3) is 0.353. The molecule has 3 rings (SSSR count). The Hall–Kier alpha value is -2.27. The third-order valence-corrected chi connectivity index (χ3v) is 3.83. The van der Waals surface area contributed by atoms with E-state index in [4.69, 9.17) is 4.74 Å². The standard InChI is InChI=1S/C17H20N4O/c1-3-8-22-12-15-10-18-9-14-11-21(7-6-16(14)15)17-5-4-13(2)19-20-17/h3-5,9-10H,1,6-8,11-12H2,2H3. The maximum Gasteiger partial charge on any atom is 0.151 e. The van der Waals surface area contributed by atoms with Crippen molar-refractivity contribution < 1.29 is 4.74 Å². The van der Waals surface area contributed by atoms with Gasteiger partial charge in [-0.15, -0.1) is 11.7 Å². The molecule has 2 aromatic heterocycles. The van der Waals surface area contributed by atoms with Gasteiger partial charge in [0, 0.05) is 25.5 Å². The zero-order chi connectivity index (χ0) is 15.4. The lowest BCUT2D eigenvalue weighted by Crippen LogP contribution is -2.32. The lowest BCUT2D eigenvalue weighted by molar-refractivity contribution is 0.148. The number of aryl methyl sites for hydroxylation is 1. The van der Waals surface area contributed by atoms with Crippen molar-refractivity contribution in [1.82, 2.24) is 15.2 Å². The van der Waals surface area contributed by atoms with Gasteiger partial charge < -0.3 is 9.64 Å². The first-order valence-corrected chi connectivity index (χ1v) is 7.46. The van der Waals surface area contributed by atoms with Crippen LogP contribution in [0.15, 0.2) is 37.2 Å². The summed E-state index contributed by atoms with van der Waals surface area (Å²) in [7, 11) is 0. The number of nitrogens with zero attached hydrogens (tertiary/aromatic N) is 4. The second-order valence-electron chi connectivity index (χ2n) is 5.44. The quantitative estimate of drug-likeness (QED) is 0.626. The van der Waals surface area contributed by atoms with E-state index in [-0.39, 0.29) is 0 Å². The molecular formula is C17H20N4O. The molecule has 2 aromatic rings. The summed E-state index contributed by atoms with van der Waals surface area (Å²) >= 11 is 0. The van der Waals surface area contributed by atoms with E-state index in [2.05, 4.69) is 26.7 Å². The fourth-order valence-electron chi connectivity index (χ4n) is 2.70. The predicted molar refractivity (Wildman–Crippen MR) is 85.6 cm³/mol. The average Bonchev–Trinajstić information content (AvgIpc) is 2.55. The molecule has 1 aliphatic heterocycles. The Morgan fingerprint density at radius 2 is 2.23 bits per heavy atom. The van der Waals surface area contributed by atoms with Gasteiger partial charge >= 0.3 is 0 Å². The van der Waals surface area contributed by atoms with Crippen LogP contribution in [0.5, 0.6) is 0 Å². The molecule has 0 amide bonds. The first kappa shape index (κ1) is 14.7. The van der Waals surface area contributed by atoms with Crippen LogP contribution in [0, 0.1) is 6.92 Å². The van der Waals surface area contributed by atoms with E-state index in [0.717, 1.165) is 31.0 Å². The Morgan fingerprint density at radius 1 is 1.32 bits per heavy atom. The summed E-state index contributed by atoms with van der Waals surface area (Å²) in [6.45, 7) is 8.52. The molecule has 0 aromatic carbocycles. The fourth-order valence-corrected chi connectivity index (χ4v) is 2.70. The van der Waals surface area contributed by atoms with Crippen LogP contribution in [-0.4, -0.2) is 28.3 Å². The molecule has 5 heteroatoms. The van der Waals surface area contributed by atoms with E-state index in [0.29, 0.717) is 13.2 Å². The summed E-state index contributed by atoms with van der Waals surface area (Å²) in [4.78, 5) is 6.59. The summed E-state index contributed by atoms with van der Waals surface area (Å²) in [6, 6.07) is 4.02. The largest absolute Gasteiger partial charge is 0.373 e. The molecule has 0 atom stereocenters. The highest BCUT2D eigenvalue weighted by Crippen LogP contribution is 2.25. The van der Waals surface area contributed by atoms with Gasteiger partial charge in [-0.05, 0) is 42.2 Å². The van der Waals surface area contributed by atoms with Gasteiger partial charge in [0.05, 0.1) is 18.9 Å². The van der Waals surface area contributed by atoms with Gasteiger partial charge in [0.25, 0.3) is 0 Å². The number of anilines is 1. The monoisotopic (exact) mass is 296 g/mol. The van der Waals surface area contributed by atoms with Crippen LogP contribution in [0.1, 0.15) is 22.4 Å². The molecule has 114 valence electrons. The predicted octanol–water partition coefficient (Wildman–Crippen LogP) is 2.45. The lowest BCUT2D eigenvalue weighted by Gasteiger charge is -2.30. The summed E-state index contributed by atoms with van der Waals surface area (Å²) in [5.74, 6) is 0.921. The van der Waals surface area contributed by atoms with Crippen molar-refractivity contribution in [1.29, 1.82) is 0 Å². The van der Waals surface area contributed by atoms with E-state index in [1.165, 1.54) is 16.7 Å². The molecule has 5 nitrogen and oxygen atoms in total. The van der Waals surface area contributed by atoms with Crippen molar-refractivity contribution in [2.45, 2.75) is 26.5 Å². The van der Waals surface area contributed by atoms with Crippen LogP contribution >= 0.6 is 0 Å². The second-order valence-corrected chi connectivity index (χ2v) is 5.44. The molecule has 0 unspecified atom stereocenters. The van der Waals surface area contributed by atoms with E-state index >= 15 is 0 Å². The van der Waals surface area contributed by atoms with E-state index in [1.54, 1.807) is 6.08 Å². The molecule has 0 saturated carbocycles. The van der Waals surface area contributed by atoms with Gasteiger partial charge in [-0.25, -0.2) is 0 Å². The lowest BCUT2D eigenvalue weighted by atomic mass is 9.97. The molecule has 0 N–H and O–H groups in total. The Kier molecular flexibility index (Phi) is 4.44. The van der Waals surface area contributed by atoms with E-state index in [1.807, 2.05) is 31.5 Å². The zero-order valence-electron chi connectivity index (χ0n) is 12.8. The Balaban J connectivity index is 1.77. The summed E-state index contributed by atoms with van der Waals surface area (Å²) in [6.07, 6.45) is 6.59. The number of hydrogen-bond donors (Lipinski definition) is 0. The average molecular weight is 296 g/mol. The summed E-state index contributed by atoms with van der Waals surface area (Å²) in [5.41, 5.74) is 4.71. The SMILES string of the molecule is C=CCOCc1cncc2c1CCN(c1ccc(C)nn1)C2. The Morgan fingerprint density at radius 3 is 3.00 bits per heavy atom. The van der Waals surface area contributed by atoms with Crippen molar-refractivity contribution in [3.05, 3.63) is 59.6 Å². The van der Waals surface area contributed by atoms with Gasteiger partial charge in [-0.2, -0.15) is 5.10 Å². The highest BCUT2D eigenvalue weighted by Gasteiger charge is 2.20. The summed E-state index contributed by atoms with van der Waals surface area (Å²) < 4.78 is 5.57. The van der Waals surface area contributed by atoms with Crippen molar-refractivity contribution in [3.8, 4) is 0 Å². The van der Waals surface area contributed by atoms with Crippen LogP contribution in [0.3, 0.4) is 0 Å². The second kappa shape index (κ2) is 6.66. The normalized spacial score (nSPS) is 13.8. The zero-order valence-corrected chi connectivity index (χ0v) is 12.8. The van der Waals surface area contributed by atoms with Gasteiger partial charge in [0.15, 0.2) is 5.82 Å². The van der Waals surface area contributed by atoms with Crippen LogP contribution in [0.4, 0.5) is 5.82 Å². The molecule has 0 saturated heterocycles. The van der Waals surface area contributed by atoms with E-state index in [9.17, 15) is 0 Å². The molecule has 3 heterocycles. The van der Waals surface area contributed by atoms with Crippen LogP contribution in [0.25, 0.3) is 0 Å². The van der Waals surface area contributed by atoms with Gasteiger partial charge in [-0.3, -0.25) is 4.98 Å². The topological polar surface area (TPSA) is 51.1 Å². The number of hydrogen-bond acceptors (Lipinski definition) is 5. The van der Waals surface area contributed by atoms with Crippen LogP contribution in [0.2, 0.25) is 0 Å².